The van der Waals surface area contributed by atoms with Crippen LogP contribution in [0.25, 0.3) is 75.6 Å². The van der Waals surface area contributed by atoms with Crippen molar-refractivity contribution in [2.75, 3.05) is 19.9 Å². The summed E-state index contributed by atoms with van der Waals surface area (Å²) in [6.07, 6.45) is 24.7. The number of imidazole rings is 4. The molecule has 0 fully saturated rings. The summed E-state index contributed by atoms with van der Waals surface area (Å²) < 4.78 is 24.7. The molecule has 22 heteroatoms. The highest BCUT2D eigenvalue weighted by Crippen LogP contribution is 2.34. The third-order valence-corrected chi connectivity index (χ3v) is 22.6. The highest BCUT2D eigenvalue weighted by molar-refractivity contribution is 7.16. The van der Waals surface area contributed by atoms with E-state index in [9.17, 15) is 14.4 Å². The Hall–Kier alpha value is -14.4. The summed E-state index contributed by atoms with van der Waals surface area (Å²) >= 11 is 3.35. The molecule has 5 aliphatic rings. The molecule has 0 spiro atoms. The lowest BCUT2D eigenvalue weighted by molar-refractivity contribution is -0.135. The van der Waals surface area contributed by atoms with Crippen LogP contribution in [-0.2, 0) is 31.7 Å². The van der Waals surface area contributed by atoms with Crippen LogP contribution in [0, 0.1) is 55.4 Å². The zero-order valence-corrected chi connectivity index (χ0v) is 97.6. The van der Waals surface area contributed by atoms with Gasteiger partial charge >= 0.3 is 5.69 Å². The summed E-state index contributed by atoms with van der Waals surface area (Å²) in [6, 6.07) is 77.4. The van der Waals surface area contributed by atoms with Crippen molar-refractivity contribution in [2.24, 2.45) is 14.1 Å². The zero-order chi connectivity index (χ0) is 111. The van der Waals surface area contributed by atoms with Crippen LogP contribution in [0.2, 0.25) is 0 Å². The Kier molecular flexibility index (Phi) is 68.6. The lowest BCUT2D eigenvalue weighted by Gasteiger charge is -2.35. The molecule has 0 bridgehead atoms. The van der Waals surface area contributed by atoms with E-state index in [1.807, 2.05) is 411 Å². The van der Waals surface area contributed by atoms with Crippen LogP contribution in [0.3, 0.4) is 0 Å². The first-order valence-corrected chi connectivity index (χ1v) is 54.9. The smallest absolute Gasteiger partial charge is 0.326 e. The second kappa shape index (κ2) is 77.1. The number of carbonyl (C=O) groups excluding carboxylic acids is 1. The normalized spacial score (nSPS) is 11.5. The molecule has 1 amide bonds. The summed E-state index contributed by atoms with van der Waals surface area (Å²) in [5.74, 6) is 3.65. The zero-order valence-electron chi connectivity index (χ0n) is 96.0. The summed E-state index contributed by atoms with van der Waals surface area (Å²) in [7, 11) is 3.75. The maximum Gasteiger partial charge on any atom is 0.326 e. The second-order valence-electron chi connectivity index (χ2n) is 30.4. The molecule has 0 saturated carbocycles. The number of hydrazine groups is 1. The maximum absolute atomic E-state index is 11.5. The number of nitrogens with one attached hydrogen (secondary N) is 4. The Labute approximate surface area is 894 Å². The quantitative estimate of drug-likeness (QED) is 0.112. The summed E-state index contributed by atoms with van der Waals surface area (Å²) in [5.41, 5.74) is 26.2. The monoisotopic (exact) mass is 2050 g/mol. The van der Waals surface area contributed by atoms with Crippen molar-refractivity contribution in [3.05, 3.63) is 397 Å². The number of aryl methyl sites for hydroxylation is 11. The second-order valence-corrected chi connectivity index (χ2v) is 32.2. The Bertz CT molecular complexity index is 6730. The number of para-hydroxylation sites is 7. The van der Waals surface area contributed by atoms with Crippen LogP contribution < -0.4 is 25.5 Å². The number of aromatic nitrogens is 12. The first kappa shape index (κ1) is 132. The van der Waals surface area contributed by atoms with Gasteiger partial charge < -0.3 is 43.1 Å². The average Bonchev–Trinajstić information content (AvgIpc) is 1.57. The summed E-state index contributed by atoms with van der Waals surface area (Å²) in [6.45, 7) is 70.5. The first-order valence-electron chi connectivity index (χ1n) is 53.2. The molecule has 4 N–H and O–H groups in total. The van der Waals surface area contributed by atoms with Crippen molar-refractivity contribution >= 4 is 104 Å². The molecular weight excluding hydrogens is 1870 g/mol. The number of amides is 1. The van der Waals surface area contributed by atoms with Crippen LogP contribution >= 0.6 is 22.7 Å². The number of benzene rings is 9. The van der Waals surface area contributed by atoms with Crippen molar-refractivity contribution in [1.82, 2.24) is 67.8 Å². The number of thiazole rings is 2. The van der Waals surface area contributed by atoms with E-state index in [0.717, 1.165) is 97.5 Å². The molecule has 0 saturated heterocycles. The van der Waals surface area contributed by atoms with E-state index in [2.05, 4.69) is 192 Å². The number of carbonyl (C=O) groups is 1. The van der Waals surface area contributed by atoms with Gasteiger partial charge in [-0.3, -0.25) is 23.6 Å². The van der Waals surface area contributed by atoms with E-state index in [-0.39, 0.29) is 17.2 Å². The first-order chi connectivity index (χ1) is 72.2. The number of H-pyrrole nitrogens is 4. The largest absolute Gasteiger partial charge is 0.493 e. The van der Waals surface area contributed by atoms with E-state index in [1.54, 1.807) is 56.6 Å². The van der Waals surface area contributed by atoms with Crippen molar-refractivity contribution in [1.29, 1.82) is 0 Å². The molecule has 9 aromatic carbocycles. The van der Waals surface area contributed by atoms with Gasteiger partial charge in [-0.05, 0) is 234 Å². The molecule has 1 aliphatic carbocycles. The highest BCUT2D eigenvalue weighted by atomic mass is 32.1. The maximum atomic E-state index is 11.5. The van der Waals surface area contributed by atoms with Crippen molar-refractivity contribution in [3.8, 4) is 17.2 Å². The fourth-order valence-electron chi connectivity index (χ4n) is 14.2. The molecule has 20 nitrogen and oxygen atoms in total. The molecule has 10 aromatic heterocycles. The van der Waals surface area contributed by atoms with Crippen LogP contribution in [-0.4, -0.2) is 93.7 Å². The van der Waals surface area contributed by atoms with Crippen molar-refractivity contribution in [3.63, 3.8) is 0 Å². The SMILES string of the molecule is CC.CC.CC.CC.CC.CC.CC.CC.CC.CC.CC.CC.CC1=CCN2C=CC=CN2C1=O.CC1CCc2ccccc21.Cc1c[nH]c2ccccc12.Cc1cc2ccccc2[nH]1.Cc1cc2ccccc2[nH]c1=O.Cc1ccc2c(c1)CCO2.Cc1ccc2c(c1)OCO2.Cc1ccc2ncsc2c1.Cc1cnc2ccccn12.Cc1cnc2sccn12.Cn1c(=O)[nH]c2ccccc21.Cn1cnc2ccccc21. The van der Waals surface area contributed by atoms with E-state index < -0.39 is 0 Å². The molecular formula is C126H176N14O6S2. The van der Waals surface area contributed by atoms with Gasteiger partial charge in [-0.25, -0.2) is 29.7 Å². The number of ether oxygens (including phenoxy) is 3. The molecule has 24 rings (SSSR count). The van der Waals surface area contributed by atoms with Gasteiger partial charge in [0.15, 0.2) is 16.5 Å². The van der Waals surface area contributed by atoms with Crippen molar-refractivity contribution in [2.45, 2.75) is 261 Å². The molecule has 1 atom stereocenters. The van der Waals surface area contributed by atoms with Gasteiger partial charge in [-0.2, -0.15) is 0 Å². The van der Waals surface area contributed by atoms with E-state index in [0.29, 0.717) is 6.79 Å². The predicted molar refractivity (Wildman–Crippen MR) is 644 cm³/mol. The minimum Gasteiger partial charge on any atom is -0.493 e. The number of aromatic amines is 4. The van der Waals surface area contributed by atoms with Crippen molar-refractivity contribution < 1.29 is 19.0 Å². The number of hydrogen-bond donors (Lipinski definition) is 4. The Morgan fingerprint density at radius 1 is 0.426 bits per heavy atom. The van der Waals surface area contributed by atoms with Gasteiger partial charge in [0.2, 0.25) is 6.79 Å². The van der Waals surface area contributed by atoms with Gasteiger partial charge in [0.1, 0.15) is 11.4 Å². The van der Waals surface area contributed by atoms with Gasteiger partial charge in [-0.15, -0.1) is 22.7 Å². The number of fused-ring (bicyclic) bond motifs is 12. The fraction of sp³-hybridized carbons (Fsp3) is 0.341. The number of nitrogens with zero attached hydrogens (tertiary/aromatic N) is 10. The molecule has 19 aromatic rings. The number of rotatable bonds is 0. The molecule has 14 heterocycles. The fourth-order valence-corrected chi connectivity index (χ4v) is 15.7. The minimum absolute atomic E-state index is 0.00583. The van der Waals surface area contributed by atoms with Crippen LogP contribution in [0.4, 0.5) is 0 Å². The highest BCUT2D eigenvalue weighted by Gasteiger charge is 2.23. The molecule has 148 heavy (non-hydrogen) atoms. The predicted octanol–water partition coefficient (Wildman–Crippen LogP) is 34.9. The Morgan fingerprint density at radius 3 is 1.61 bits per heavy atom. The third-order valence-electron chi connectivity index (χ3n) is 21.1. The lowest BCUT2D eigenvalue weighted by atomic mass is 10.0. The molecule has 0 radical (unpaired) electrons. The molecule has 798 valence electrons. The number of allylic oxidation sites excluding steroid dienone is 2. The van der Waals surface area contributed by atoms with Crippen LogP contribution in [0.1, 0.15) is 254 Å². The standard InChI is InChI=1S/C10H9NO.C10H12.C9H10N2O.2C9H9N.C9H10O.C8H8N2O.2C8H8N2.C8H7NS.C8H8O2.C6H6N2S.12C2H6/c1-7-6-8-4-2-3-5-9(8)11-10(7)12;1-8-6-7-9-4-2-3-5-10(8)9;1-8-4-7-10-5-2-3-6-11(10)9(8)12;1-7-6-10-9-5-3-2-4-8(7)9;1-7-6-8-4-2-3-5-9(8)10-7;1-7-2-3-9-8(6-7)4-5-10-9;1-10-7-5-3-2-4-6(7)9-8(10)11;1-10-6-9-7-4-2-3-5-8(7)10;1-7-6-9-8-4-2-3-5-10(7)8;2*1-6-2-3-7-8(4-6)10-5-9-7;1-5-4-7-6-8(5)2-3-9-6;12*1-2/h2-6H,1H3,(H,11,12);2-5,8H,6-7H2,1H3;2-6H,7H2,1H3;2*2-6,10H,1H3;2-3,6H,4-5H2,1H3;2-5H,1H3,(H,9,11);2*2-6H,1H3;2-5H,1H3;2-4H,5H2,1H3;2-4H,1H3;12*1-2H3. The Morgan fingerprint density at radius 2 is 0.973 bits per heavy atom. The summed E-state index contributed by atoms with van der Waals surface area (Å²) in [5, 5.41) is 9.22. The van der Waals surface area contributed by atoms with E-state index in [1.165, 1.54) is 89.8 Å². The summed E-state index contributed by atoms with van der Waals surface area (Å²) in [4.78, 5) is 63.5. The van der Waals surface area contributed by atoms with Crippen LogP contribution in [0.5, 0.6) is 17.2 Å². The van der Waals surface area contributed by atoms with Gasteiger partial charge in [-0.1, -0.05) is 318 Å². The molecule has 1 unspecified atom stereocenters. The molecule has 4 aliphatic heterocycles. The topological polar surface area (TPSA) is 219 Å². The Balaban J connectivity index is 0.000000792. The average molecular weight is 2050 g/mol. The van der Waals surface area contributed by atoms with Crippen LogP contribution in [0.15, 0.2) is 325 Å². The minimum atomic E-state index is -0.0637. The third kappa shape index (κ3) is 42.2. The lowest BCUT2D eigenvalue weighted by Crippen LogP contribution is -2.44. The number of hydrogen-bond acceptors (Lipinski definition) is 13. The van der Waals surface area contributed by atoms with E-state index >= 15 is 0 Å². The number of pyridine rings is 2. The van der Waals surface area contributed by atoms with Gasteiger partial charge in [0.25, 0.3) is 11.5 Å². The van der Waals surface area contributed by atoms with E-state index in [4.69, 9.17) is 14.2 Å². The van der Waals surface area contributed by atoms with Gasteiger partial charge in [0.05, 0.1) is 57.3 Å². The van der Waals surface area contributed by atoms with Gasteiger partial charge in [0, 0.05) is 119 Å².